The zero-order chi connectivity index (χ0) is 24.9. The molecule has 0 bridgehead atoms. The van der Waals surface area contributed by atoms with E-state index in [0.717, 1.165) is 47.6 Å². The number of aryl methyl sites for hydroxylation is 2. The summed E-state index contributed by atoms with van der Waals surface area (Å²) in [6, 6.07) is 13.7. The average molecular weight is 490 g/mol. The Bertz CT molecular complexity index is 1230. The van der Waals surface area contributed by atoms with Gasteiger partial charge in [-0.25, -0.2) is 0 Å². The minimum Gasteiger partial charge on any atom is -0.494 e. The average Bonchev–Trinajstić information content (AvgIpc) is 3.35. The van der Waals surface area contributed by atoms with Crippen LogP contribution in [0.3, 0.4) is 0 Å². The number of aromatic nitrogens is 2. The van der Waals surface area contributed by atoms with Crippen LogP contribution >= 0.6 is 0 Å². The van der Waals surface area contributed by atoms with Crippen molar-refractivity contribution in [3.8, 4) is 17.1 Å². The van der Waals surface area contributed by atoms with Crippen LogP contribution in [-0.4, -0.2) is 64.5 Å². The lowest BCUT2D eigenvalue weighted by atomic mass is 10.0. The summed E-state index contributed by atoms with van der Waals surface area (Å²) in [5, 5.41) is 7.01. The van der Waals surface area contributed by atoms with Crippen LogP contribution in [0.1, 0.15) is 36.3 Å². The lowest BCUT2D eigenvalue weighted by Crippen LogP contribution is -2.48. The molecule has 2 amide bonds. The number of nitrogens with zero attached hydrogens (tertiary/aromatic N) is 4. The molecule has 0 unspecified atom stereocenters. The number of anilines is 1. The fraction of sp³-hybridized carbons (Fsp3) is 0.407. The van der Waals surface area contributed by atoms with Crippen molar-refractivity contribution in [2.45, 2.75) is 39.2 Å². The van der Waals surface area contributed by atoms with Gasteiger partial charge in [0.25, 0.3) is 0 Å². The first-order valence-electron chi connectivity index (χ1n) is 12.5. The molecular formula is C27H31N5O4. The largest absolute Gasteiger partial charge is 0.494 e. The van der Waals surface area contributed by atoms with Crippen molar-refractivity contribution in [2.24, 2.45) is 0 Å². The monoisotopic (exact) mass is 489 g/mol. The first-order valence-corrected chi connectivity index (χ1v) is 12.5. The molecule has 9 nitrogen and oxygen atoms in total. The van der Waals surface area contributed by atoms with Crippen LogP contribution < -0.4 is 10.1 Å². The van der Waals surface area contributed by atoms with E-state index in [-0.39, 0.29) is 11.8 Å². The molecule has 0 radical (unpaired) electrons. The maximum absolute atomic E-state index is 12.7. The molecule has 1 N–H and O–H groups in total. The number of amides is 2. The Morgan fingerprint density at radius 3 is 2.78 bits per heavy atom. The fourth-order valence-electron chi connectivity index (χ4n) is 4.62. The standard InChI is InChI=1S/C27H31N5O4/c1-19-5-2-3-6-22(19)27-29-25(36-30-27)18-31-12-14-32(15-13-31)26(34)7-4-16-35-21-9-10-23-20(17-21)8-11-24(33)28-23/h2-3,5-6,9-10,17H,4,7-8,11-16,18H2,1H3,(H,28,33). The number of hydrogen-bond acceptors (Lipinski definition) is 7. The maximum Gasteiger partial charge on any atom is 0.241 e. The van der Waals surface area contributed by atoms with Crippen LogP contribution in [0.2, 0.25) is 0 Å². The quantitative estimate of drug-likeness (QED) is 0.484. The topological polar surface area (TPSA) is 101 Å². The van der Waals surface area contributed by atoms with Crippen molar-refractivity contribution in [1.82, 2.24) is 19.9 Å². The molecule has 9 heteroatoms. The molecule has 3 aromatic rings. The van der Waals surface area contributed by atoms with Gasteiger partial charge >= 0.3 is 0 Å². The van der Waals surface area contributed by atoms with Gasteiger partial charge in [-0.15, -0.1) is 0 Å². The molecule has 0 saturated carbocycles. The van der Waals surface area contributed by atoms with E-state index in [2.05, 4.69) is 20.4 Å². The summed E-state index contributed by atoms with van der Waals surface area (Å²) in [6.45, 7) is 6.02. The molecule has 2 aromatic carbocycles. The number of carbonyl (C=O) groups is 2. The van der Waals surface area contributed by atoms with Crippen LogP contribution in [0.5, 0.6) is 5.75 Å². The third-order valence-electron chi connectivity index (χ3n) is 6.71. The molecule has 36 heavy (non-hydrogen) atoms. The van der Waals surface area contributed by atoms with E-state index in [1.807, 2.05) is 54.3 Å². The van der Waals surface area contributed by atoms with Crippen molar-refractivity contribution in [2.75, 3.05) is 38.1 Å². The summed E-state index contributed by atoms with van der Waals surface area (Å²) in [4.78, 5) is 32.9. The first kappa shape index (κ1) is 24.0. The second-order valence-electron chi connectivity index (χ2n) is 9.30. The van der Waals surface area contributed by atoms with Gasteiger partial charge in [-0.2, -0.15) is 4.98 Å². The molecule has 3 heterocycles. The van der Waals surface area contributed by atoms with Gasteiger partial charge < -0.3 is 19.5 Å². The summed E-state index contributed by atoms with van der Waals surface area (Å²) in [6.07, 6.45) is 2.35. The summed E-state index contributed by atoms with van der Waals surface area (Å²) in [7, 11) is 0. The third-order valence-corrected chi connectivity index (χ3v) is 6.71. The van der Waals surface area contributed by atoms with Crippen molar-refractivity contribution in [3.63, 3.8) is 0 Å². The number of hydrogen-bond donors (Lipinski definition) is 1. The Hall–Kier alpha value is -3.72. The van der Waals surface area contributed by atoms with Gasteiger partial charge in [-0.3, -0.25) is 14.5 Å². The second kappa shape index (κ2) is 10.9. The van der Waals surface area contributed by atoms with E-state index < -0.39 is 0 Å². The molecule has 188 valence electrons. The van der Waals surface area contributed by atoms with Crippen molar-refractivity contribution < 1.29 is 18.8 Å². The van der Waals surface area contributed by atoms with Crippen LogP contribution in [0.15, 0.2) is 47.0 Å². The summed E-state index contributed by atoms with van der Waals surface area (Å²) in [5.41, 5.74) is 4.04. The second-order valence-corrected chi connectivity index (χ2v) is 9.30. The summed E-state index contributed by atoms with van der Waals surface area (Å²) < 4.78 is 11.3. The van der Waals surface area contributed by atoms with Gasteiger partial charge in [0.15, 0.2) is 0 Å². The molecule has 2 aliphatic heterocycles. The SMILES string of the molecule is Cc1ccccc1-c1noc(CN2CCN(C(=O)CCCOc3ccc4c(c3)CCC(=O)N4)CC2)n1. The van der Waals surface area contributed by atoms with Crippen LogP contribution in [0.25, 0.3) is 11.4 Å². The van der Waals surface area contributed by atoms with E-state index >= 15 is 0 Å². The van der Waals surface area contributed by atoms with Crippen molar-refractivity contribution in [1.29, 1.82) is 0 Å². The lowest BCUT2D eigenvalue weighted by Gasteiger charge is -2.34. The maximum atomic E-state index is 12.7. The molecule has 1 aromatic heterocycles. The van der Waals surface area contributed by atoms with Crippen LogP contribution in [0.4, 0.5) is 5.69 Å². The Morgan fingerprint density at radius 2 is 1.94 bits per heavy atom. The summed E-state index contributed by atoms with van der Waals surface area (Å²) in [5.74, 6) is 2.19. The number of carbonyl (C=O) groups excluding carboxylic acids is 2. The van der Waals surface area contributed by atoms with Crippen molar-refractivity contribution in [3.05, 3.63) is 59.5 Å². The molecule has 2 aliphatic rings. The number of nitrogens with one attached hydrogen (secondary N) is 1. The number of fused-ring (bicyclic) bond motifs is 1. The Balaban J connectivity index is 1.02. The smallest absolute Gasteiger partial charge is 0.241 e. The highest BCUT2D eigenvalue weighted by Gasteiger charge is 2.23. The molecule has 5 rings (SSSR count). The van der Waals surface area contributed by atoms with Gasteiger partial charge in [0.1, 0.15) is 5.75 Å². The van der Waals surface area contributed by atoms with E-state index in [4.69, 9.17) is 9.26 Å². The highest BCUT2D eigenvalue weighted by molar-refractivity contribution is 5.94. The van der Waals surface area contributed by atoms with Crippen molar-refractivity contribution >= 4 is 17.5 Å². The molecule has 1 saturated heterocycles. The zero-order valence-electron chi connectivity index (χ0n) is 20.5. The lowest BCUT2D eigenvalue weighted by molar-refractivity contribution is -0.133. The fourth-order valence-corrected chi connectivity index (χ4v) is 4.62. The first-order chi connectivity index (χ1) is 17.5. The van der Waals surface area contributed by atoms with Gasteiger partial charge in [-0.05, 0) is 49.1 Å². The van der Waals surface area contributed by atoms with E-state index in [9.17, 15) is 9.59 Å². The number of benzene rings is 2. The Labute approximate surface area is 210 Å². The predicted octanol–water partition coefficient (Wildman–Crippen LogP) is 3.43. The highest BCUT2D eigenvalue weighted by Crippen LogP contribution is 2.27. The predicted molar refractivity (Wildman–Crippen MR) is 134 cm³/mol. The summed E-state index contributed by atoms with van der Waals surface area (Å²) >= 11 is 0. The number of ether oxygens (including phenoxy) is 1. The van der Waals surface area contributed by atoms with Gasteiger partial charge in [0, 0.05) is 50.3 Å². The van der Waals surface area contributed by atoms with Crippen LogP contribution in [0, 0.1) is 6.92 Å². The minimum atomic E-state index is 0.0532. The number of rotatable bonds is 8. The molecule has 0 atom stereocenters. The van der Waals surface area contributed by atoms with Crippen LogP contribution in [-0.2, 0) is 22.6 Å². The molecule has 0 aliphatic carbocycles. The molecule has 1 fully saturated rings. The molecule has 0 spiro atoms. The Morgan fingerprint density at radius 1 is 1.11 bits per heavy atom. The van der Waals surface area contributed by atoms with E-state index in [0.29, 0.717) is 57.2 Å². The van der Waals surface area contributed by atoms with Gasteiger partial charge in [0.2, 0.25) is 23.5 Å². The van der Waals surface area contributed by atoms with Gasteiger partial charge in [0.05, 0.1) is 13.2 Å². The minimum absolute atomic E-state index is 0.0532. The molecular weight excluding hydrogens is 458 g/mol. The van der Waals surface area contributed by atoms with E-state index in [1.165, 1.54) is 0 Å². The third kappa shape index (κ3) is 5.73. The van der Waals surface area contributed by atoms with E-state index in [1.54, 1.807) is 0 Å². The zero-order valence-corrected chi connectivity index (χ0v) is 20.5. The number of piperazine rings is 1. The highest BCUT2D eigenvalue weighted by atomic mass is 16.5. The normalized spacial score (nSPS) is 15.9. The Kier molecular flexibility index (Phi) is 7.27. The van der Waals surface area contributed by atoms with Gasteiger partial charge in [-0.1, -0.05) is 29.4 Å².